The minimum Gasteiger partial charge on any atom is -0.363 e. The molecule has 0 aliphatic carbocycles. The van der Waals surface area contributed by atoms with Gasteiger partial charge in [-0.2, -0.15) is 0 Å². The van der Waals surface area contributed by atoms with E-state index >= 15 is 0 Å². The van der Waals surface area contributed by atoms with E-state index in [-0.39, 0.29) is 0 Å². The molecule has 2 rings (SSSR count). The highest BCUT2D eigenvalue weighted by molar-refractivity contribution is 5.49. The molecule has 5 heteroatoms. The average Bonchev–Trinajstić information content (AvgIpc) is 2.46. The van der Waals surface area contributed by atoms with E-state index in [1.54, 1.807) is 6.33 Å². The van der Waals surface area contributed by atoms with Gasteiger partial charge in [0, 0.05) is 46.3 Å². The standard InChI is InChI=1S/C14H21N5/c1-4-5-6-18-7-9-19(10-8-18)14-11-13(17(2)3)15-12-16-14/h11-12H,6-10H2,1-3H3. The summed E-state index contributed by atoms with van der Waals surface area (Å²) in [5.74, 6) is 8.03. The Hall–Kier alpha value is -1.80. The van der Waals surface area contributed by atoms with Gasteiger partial charge < -0.3 is 9.80 Å². The molecule has 0 atom stereocenters. The van der Waals surface area contributed by atoms with Crippen LogP contribution in [0.2, 0.25) is 0 Å². The molecular weight excluding hydrogens is 238 g/mol. The quantitative estimate of drug-likeness (QED) is 0.746. The first-order chi connectivity index (χ1) is 9.20. The van der Waals surface area contributed by atoms with Gasteiger partial charge in [0.15, 0.2) is 0 Å². The van der Waals surface area contributed by atoms with E-state index in [4.69, 9.17) is 0 Å². The maximum absolute atomic E-state index is 4.37. The van der Waals surface area contributed by atoms with Gasteiger partial charge in [-0.1, -0.05) is 5.92 Å². The van der Waals surface area contributed by atoms with Gasteiger partial charge in [-0.25, -0.2) is 9.97 Å². The maximum Gasteiger partial charge on any atom is 0.134 e. The molecule has 0 bridgehead atoms. The number of rotatable bonds is 3. The Morgan fingerprint density at radius 1 is 1.21 bits per heavy atom. The first-order valence-electron chi connectivity index (χ1n) is 6.57. The predicted octanol–water partition coefficient (Wildman–Crippen LogP) is 0.688. The Morgan fingerprint density at radius 2 is 1.95 bits per heavy atom. The zero-order valence-electron chi connectivity index (χ0n) is 11.9. The summed E-state index contributed by atoms with van der Waals surface area (Å²) in [6.07, 6.45) is 1.64. The maximum atomic E-state index is 4.37. The fourth-order valence-electron chi connectivity index (χ4n) is 2.08. The van der Waals surface area contributed by atoms with Crippen molar-refractivity contribution in [2.24, 2.45) is 0 Å². The van der Waals surface area contributed by atoms with Gasteiger partial charge >= 0.3 is 0 Å². The zero-order valence-corrected chi connectivity index (χ0v) is 11.9. The second-order valence-electron chi connectivity index (χ2n) is 4.82. The van der Waals surface area contributed by atoms with Gasteiger partial charge in [0.1, 0.15) is 18.0 Å². The summed E-state index contributed by atoms with van der Waals surface area (Å²) < 4.78 is 0. The number of aromatic nitrogens is 2. The second-order valence-corrected chi connectivity index (χ2v) is 4.82. The molecule has 1 fully saturated rings. The van der Waals surface area contributed by atoms with Gasteiger partial charge in [-0.05, 0) is 6.92 Å². The Morgan fingerprint density at radius 3 is 2.58 bits per heavy atom. The second kappa shape index (κ2) is 6.39. The third-order valence-electron chi connectivity index (χ3n) is 3.27. The molecule has 0 saturated carbocycles. The van der Waals surface area contributed by atoms with Crippen molar-refractivity contribution in [1.82, 2.24) is 14.9 Å². The van der Waals surface area contributed by atoms with Gasteiger partial charge in [-0.3, -0.25) is 4.90 Å². The van der Waals surface area contributed by atoms with Crippen LogP contribution in [0.5, 0.6) is 0 Å². The van der Waals surface area contributed by atoms with Crippen LogP contribution >= 0.6 is 0 Å². The summed E-state index contributed by atoms with van der Waals surface area (Å²) in [5.41, 5.74) is 0. The lowest BCUT2D eigenvalue weighted by molar-refractivity contribution is 0.287. The van der Waals surface area contributed by atoms with E-state index in [1.165, 1.54) is 0 Å². The minimum absolute atomic E-state index is 0.872. The fourth-order valence-corrected chi connectivity index (χ4v) is 2.08. The van der Waals surface area contributed by atoms with Crippen molar-refractivity contribution in [2.45, 2.75) is 6.92 Å². The molecule has 1 aromatic heterocycles. The molecule has 0 aromatic carbocycles. The monoisotopic (exact) mass is 259 g/mol. The van der Waals surface area contributed by atoms with Crippen LogP contribution in [0.25, 0.3) is 0 Å². The molecular formula is C14H21N5. The van der Waals surface area contributed by atoms with Crippen LogP contribution in [-0.2, 0) is 0 Å². The van der Waals surface area contributed by atoms with Gasteiger partial charge in [-0.15, -0.1) is 5.92 Å². The molecule has 0 radical (unpaired) electrons. The highest BCUT2D eigenvalue weighted by atomic mass is 15.3. The van der Waals surface area contributed by atoms with Crippen molar-refractivity contribution in [2.75, 3.05) is 56.6 Å². The molecule has 0 unspecified atom stereocenters. The minimum atomic E-state index is 0.872. The summed E-state index contributed by atoms with van der Waals surface area (Å²) in [4.78, 5) is 15.3. The molecule has 2 heterocycles. The molecule has 102 valence electrons. The molecule has 5 nitrogen and oxygen atoms in total. The lowest BCUT2D eigenvalue weighted by atomic mass is 10.3. The summed E-state index contributed by atoms with van der Waals surface area (Å²) >= 11 is 0. The Kier molecular flexibility index (Phi) is 4.58. The number of hydrogen-bond acceptors (Lipinski definition) is 5. The van der Waals surface area contributed by atoms with Crippen LogP contribution in [0.4, 0.5) is 11.6 Å². The van der Waals surface area contributed by atoms with E-state index < -0.39 is 0 Å². The number of anilines is 2. The molecule has 19 heavy (non-hydrogen) atoms. The summed E-state index contributed by atoms with van der Waals surface area (Å²) in [5, 5.41) is 0. The highest BCUT2D eigenvalue weighted by Crippen LogP contribution is 2.17. The smallest absolute Gasteiger partial charge is 0.134 e. The van der Waals surface area contributed by atoms with Crippen molar-refractivity contribution in [3.63, 3.8) is 0 Å². The van der Waals surface area contributed by atoms with E-state index in [1.807, 2.05) is 32.0 Å². The third-order valence-corrected chi connectivity index (χ3v) is 3.27. The lowest BCUT2D eigenvalue weighted by Gasteiger charge is -2.34. The molecule has 1 aliphatic heterocycles. The summed E-state index contributed by atoms with van der Waals surface area (Å²) in [6.45, 7) is 6.83. The van der Waals surface area contributed by atoms with Crippen LogP contribution in [0.3, 0.4) is 0 Å². The van der Waals surface area contributed by atoms with Crippen LogP contribution in [0.15, 0.2) is 12.4 Å². The topological polar surface area (TPSA) is 35.5 Å². The molecule has 1 aliphatic rings. The van der Waals surface area contributed by atoms with Crippen LogP contribution < -0.4 is 9.80 Å². The summed E-state index contributed by atoms with van der Waals surface area (Å²) in [6, 6.07) is 2.04. The number of hydrogen-bond donors (Lipinski definition) is 0. The van der Waals surface area contributed by atoms with E-state index in [0.717, 1.165) is 44.4 Å². The Bertz CT molecular complexity index is 466. The number of nitrogens with zero attached hydrogens (tertiary/aromatic N) is 5. The van der Waals surface area contributed by atoms with Gasteiger partial charge in [0.05, 0.1) is 6.54 Å². The van der Waals surface area contributed by atoms with Crippen molar-refractivity contribution >= 4 is 11.6 Å². The van der Waals surface area contributed by atoms with Gasteiger partial charge in [0.2, 0.25) is 0 Å². The lowest BCUT2D eigenvalue weighted by Crippen LogP contribution is -2.46. The van der Waals surface area contributed by atoms with Crippen molar-refractivity contribution in [3.8, 4) is 11.8 Å². The Balaban J connectivity index is 1.97. The molecule has 0 spiro atoms. The average molecular weight is 259 g/mol. The SMILES string of the molecule is CC#CCN1CCN(c2cc(N(C)C)ncn2)CC1. The van der Waals surface area contributed by atoms with Gasteiger partial charge in [0.25, 0.3) is 0 Å². The zero-order chi connectivity index (χ0) is 13.7. The third kappa shape index (κ3) is 3.58. The number of piperazine rings is 1. The van der Waals surface area contributed by atoms with Crippen molar-refractivity contribution in [1.29, 1.82) is 0 Å². The van der Waals surface area contributed by atoms with E-state index in [2.05, 4.69) is 31.6 Å². The van der Waals surface area contributed by atoms with Crippen LogP contribution in [0.1, 0.15) is 6.92 Å². The first kappa shape index (κ1) is 13.6. The largest absolute Gasteiger partial charge is 0.363 e. The van der Waals surface area contributed by atoms with Crippen LogP contribution in [0, 0.1) is 11.8 Å². The van der Waals surface area contributed by atoms with Crippen LogP contribution in [-0.4, -0.2) is 61.7 Å². The predicted molar refractivity (Wildman–Crippen MR) is 78.5 cm³/mol. The van der Waals surface area contributed by atoms with E-state index in [0.29, 0.717) is 0 Å². The normalized spacial score (nSPS) is 15.8. The molecule has 0 N–H and O–H groups in total. The molecule has 0 amide bonds. The Labute approximate surface area is 115 Å². The molecule has 1 aromatic rings. The fraction of sp³-hybridized carbons (Fsp3) is 0.571. The summed E-state index contributed by atoms with van der Waals surface area (Å²) in [7, 11) is 3.99. The highest BCUT2D eigenvalue weighted by Gasteiger charge is 2.17. The van der Waals surface area contributed by atoms with E-state index in [9.17, 15) is 0 Å². The van der Waals surface area contributed by atoms with Crippen molar-refractivity contribution < 1.29 is 0 Å². The van der Waals surface area contributed by atoms with Crippen molar-refractivity contribution in [3.05, 3.63) is 12.4 Å². The molecule has 1 saturated heterocycles. The first-order valence-corrected chi connectivity index (χ1v) is 6.57.